The zero-order valence-corrected chi connectivity index (χ0v) is 23.8. The quantitative estimate of drug-likeness (QED) is 0.211. The van der Waals surface area contributed by atoms with Crippen molar-refractivity contribution in [2.24, 2.45) is 11.8 Å². The van der Waals surface area contributed by atoms with Crippen molar-refractivity contribution in [3.63, 3.8) is 0 Å². The van der Waals surface area contributed by atoms with Crippen LogP contribution < -0.4 is 21.3 Å². The van der Waals surface area contributed by atoms with Crippen LogP contribution in [0.15, 0.2) is 24.3 Å². The molecule has 0 bridgehead atoms. The van der Waals surface area contributed by atoms with Gasteiger partial charge in [-0.3, -0.25) is 19.2 Å². The van der Waals surface area contributed by atoms with Gasteiger partial charge in [-0.1, -0.05) is 39.3 Å². The third-order valence-corrected chi connectivity index (χ3v) is 7.55. The number of nitrogens with zero attached hydrogens (tertiary/aromatic N) is 1. The Morgan fingerprint density at radius 3 is 2.26 bits per heavy atom. The summed E-state index contributed by atoms with van der Waals surface area (Å²) in [5, 5.41) is 31.1. The Labute approximate surface area is 244 Å². The zero-order valence-electron chi connectivity index (χ0n) is 23.8. The van der Waals surface area contributed by atoms with Gasteiger partial charge >= 0.3 is 0 Å². The topological polar surface area (TPSA) is 170 Å². The van der Waals surface area contributed by atoms with Crippen LogP contribution in [0.1, 0.15) is 50.0 Å². The van der Waals surface area contributed by atoms with Crippen molar-refractivity contribution in [1.29, 1.82) is 0 Å². The molecule has 2 heterocycles. The zero-order chi connectivity index (χ0) is 32.2. The van der Waals surface area contributed by atoms with E-state index in [4.69, 9.17) is 0 Å². The molecule has 1 saturated heterocycles. The standard InChI is InChI=1S/C28H33F4N5O6/c1-5-11(2)20-27(42)33-13(4)21(36-26(41)14-8-6-7-9-17(14)38)28(43)34-16(22(39)12(3)25(40)35-20)10-15-18(29)19(30)24(32)37-23(15)31/h6-9,11-13,16,20-22,38-39H,5,10H2,1-4H3,(H,33,42)(H,34,43)(H,35,40)(H,36,41)/t11?,12-,13-,16+,20?,21+,22+/m1/s1. The second kappa shape index (κ2) is 13.8. The van der Waals surface area contributed by atoms with Crippen LogP contribution in [-0.4, -0.2) is 69.1 Å². The second-order valence-electron chi connectivity index (χ2n) is 10.5. The van der Waals surface area contributed by atoms with Gasteiger partial charge in [0.05, 0.1) is 29.7 Å². The first-order valence-electron chi connectivity index (χ1n) is 13.5. The molecule has 11 nitrogen and oxygen atoms in total. The predicted molar refractivity (Wildman–Crippen MR) is 143 cm³/mol. The van der Waals surface area contributed by atoms with Crippen LogP contribution >= 0.6 is 0 Å². The molecule has 3 rings (SSSR count). The highest BCUT2D eigenvalue weighted by atomic mass is 19.2. The van der Waals surface area contributed by atoms with E-state index in [1.165, 1.54) is 38.1 Å². The lowest BCUT2D eigenvalue weighted by Gasteiger charge is -2.35. The van der Waals surface area contributed by atoms with Crippen molar-refractivity contribution in [2.75, 3.05) is 0 Å². The van der Waals surface area contributed by atoms with Crippen molar-refractivity contribution >= 4 is 23.6 Å². The molecule has 0 aliphatic carbocycles. The molecule has 0 spiro atoms. The number of amides is 4. The number of halogens is 4. The first-order valence-corrected chi connectivity index (χ1v) is 13.5. The number of nitrogens with one attached hydrogen (secondary N) is 4. The predicted octanol–water partition coefficient (Wildman–Crippen LogP) is 1.22. The van der Waals surface area contributed by atoms with Crippen molar-refractivity contribution in [3.8, 4) is 5.75 Å². The van der Waals surface area contributed by atoms with Crippen molar-refractivity contribution in [2.45, 2.75) is 70.8 Å². The number of aromatic hydroxyl groups is 1. The molecule has 234 valence electrons. The van der Waals surface area contributed by atoms with Gasteiger partial charge in [0.2, 0.25) is 29.5 Å². The van der Waals surface area contributed by atoms with Gasteiger partial charge in [0.1, 0.15) is 17.8 Å². The number of carbonyl (C=O) groups is 4. The van der Waals surface area contributed by atoms with Gasteiger partial charge in [0.25, 0.3) is 11.9 Å². The number of carbonyl (C=O) groups excluding carboxylic acids is 4. The van der Waals surface area contributed by atoms with Crippen LogP contribution in [0.5, 0.6) is 5.75 Å². The first-order chi connectivity index (χ1) is 20.2. The number of pyridine rings is 1. The molecule has 43 heavy (non-hydrogen) atoms. The molecule has 7 atom stereocenters. The summed E-state index contributed by atoms with van der Waals surface area (Å²) in [6.07, 6.45) is -2.44. The number of aliphatic hydroxyl groups is 1. The van der Waals surface area contributed by atoms with Gasteiger partial charge in [-0.2, -0.15) is 18.2 Å². The molecule has 6 N–H and O–H groups in total. The summed E-state index contributed by atoms with van der Waals surface area (Å²) in [4.78, 5) is 55.7. The van der Waals surface area contributed by atoms with Gasteiger partial charge in [0, 0.05) is 12.0 Å². The SMILES string of the molecule is CCC(C)C1NC(=O)[C@H](C)[C@H](O)[C@H](Cc2c(F)nc(F)c(F)c2F)NC(=O)[C@@H](NC(=O)c2ccccc2O)[C@@H](C)NC1=O. The number of hydrogen-bond acceptors (Lipinski definition) is 7. The number of phenols is 1. The average Bonchev–Trinajstić information content (AvgIpc) is 2.97. The molecule has 2 aromatic rings. The maximum atomic E-state index is 14.6. The fourth-order valence-electron chi connectivity index (χ4n) is 4.63. The number of aliphatic hydroxyl groups excluding tert-OH is 1. The van der Waals surface area contributed by atoms with Crippen LogP contribution in [0.4, 0.5) is 17.6 Å². The summed E-state index contributed by atoms with van der Waals surface area (Å²) < 4.78 is 56.5. The van der Waals surface area contributed by atoms with Gasteiger partial charge in [-0.15, -0.1) is 0 Å². The van der Waals surface area contributed by atoms with Crippen LogP contribution in [0.25, 0.3) is 0 Å². The Balaban J connectivity index is 2.08. The fraction of sp³-hybridized carbons (Fsp3) is 0.464. The van der Waals surface area contributed by atoms with E-state index in [1.54, 1.807) is 13.8 Å². The van der Waals surface area contributed by atoms with Crippen molar-refractivity contribution in [3.05, 3.63) is 58.9 Å². The third kappa shape index (κ3) is 7.39. The number of para-hydroxylation sites is 1. The summed E-state index contributed by atoms with van der Waals surface area (Å²) in [6.45, 7) is 6.03. The highest BCUT2D eigenvalue weighted by Gasteiger charge is 2.40. The molecular weight excluding hydrogens is 578 g/mol. The van der Waals surface area contributed by atoms with Crippen LogP contribution in [0, 0.1) is 35.4 Å². The smallest absolute Gasteiger partial charge is 0.255 e. The molecule has 2 unspecified atom stereocenters. The van der Waals surface area contributed by atoms with Gasteiger partial charge in [-0.05, 0) is 25.0 Å². The normalized spacial score (nSPS) is 25.8. The number of benzene rings is 1. The fourth-order valence-corrected chi connectivity index (χ4v) is 4.63. The number of aromatic nitrogens is 1. The Bertz CT molecular complexity index is 1400. The molecule has 1 aromatic heterocycles. The number of phenolic OH excluding ortho intramolecular Hbond substituents is 1. The molecule has 4 amide bonds. The second-order valence-corrected chi connectivity index (χ2v) is 10.5. The maximum Gasteiger partial charge on any atom is 0.255 e. The van der Waals surface area contributed by atoms with Gasteiger partial charge in [0.15, 0.2) is 5.82 Å². The molecule has 1 aromatic carbocycles. The van der Waals surface area contributed by atoms with E-state index in [1.807, 2.05) is 0 Å². The average molecular weight is 612 g/mol. The lowest BCUT2D eigenvalue weighted by atomic mass is 9.90. The van der Waals surface area contributed by atoms with Gasteiger partial charge < -0.3 is 31.5 Å². The molecule has 0 saturated carbocycles. The van der Waals surface area contributed by atoms with Gasteiger partial charge in [-0.25, -0.2) is 4.39 Å². The lowest BCUT2D eigenvalue weighted by Crippen LogP contribution is -2.64. The number of rotatable bonds is 6. The van der Waals surface area contributed by atoms with E-state index in [-0.39, 0.29) is 5.56 Å². The largest absolute Gasteiger partial charge is 0.507 e. The van der Waals surface area contributed by atoms with E-state index in [0.29, 0.717) is 6.42 Å². The van der Waals surface area contributed by atoms with Crippen molar-refractivity contribution in [1.82, 2.24) is 26.3 Å². The van der Waals surface area contributed by atoms with Crippen LogP contribution in [0.3, 0.4) is 0 Å². The summed E-state index contributed by atoms with van der Waals surface area (Å²) in [5.41, 5.74) is -1.33. The van der Waals surface area contributed by atoms with Crippen LogP contribution in [0.2, 0.25) is 0 Å². The van der Waals surface area contributed by atoms with E-state index >= 15 is 0 Å². The highest BCUT2D eigenvalue weighted by Crippen LogP contribution is 2.22. The number of hydrogen-bond donors (Lipinski definition) is 6. The van der Waals surface area contributed by atoms with E-state index in [2.05, 4.69) is 26.3 Å². The molecule has 0 radical (unpaired) electrons. The van der Waals surface area contributed by atoms with E-state index < -0.39 is 107 Å². The van der Waals surface area contributed by atoms with E-state index in [0.717, 1.165) is 0 Å². The van der Waals surface area contributed by atoms with E-state index in [9.17, 15) is 47.0 Å². The molecule has 15 heteroatoms. The highest BCUT2D eigenvalue weighted by molar-refractivity contribution is 6.00. The molecule has 1 fully saturated rings. The summed E-state index contributed by atoms with van der Waals surface area (Å²) >= 11 is 0. The van der Waals surface area contributed by atoms with Crippen molar-refractivity contribution < 1.29 is 47.0 Å². The molecular formula is C28H33F4N5O6. The molecule has 1 aliphatic rings. The Morgan fingerprint density at radius 2 is 1.63 bits per heavy atom. The summed E-state index contributed by atoms with van der Waals surface area (Å²) in [7, 11) is 0. The first kappa shape index (κ1) is 33.2. The minimum Gasteiger partial charge on any atom is -0.507 e. The Hall–Kier alpha value is -4.27. The monoisotopic (exact) mass is 611 g/mol. The Morgan fingerprint density at radius 1 is 0.977 bits per heavy atom. The maximum absolute atomic E-state index is 14.6. The summed E-state index contributed by atoms with van der Waals surface area (Å²) in [6, 6.07) is -0.232. The minimum absolute atomic E-state index is 0.216. The molecule has 1 aliphatic heterocycles. The minimum atomic E-state index is -2.09. The summed E-state index contributed by atoms with van der Waals surface area (Å²) in [5.74, 6) is -13.6. The Kier molecular flexibility index (Phi) is 10.7. The lowest BCUT2D eigenvalue weighted by molar-refractivity contribution is -0.137. The third-order valence-electron chi connectivity index (χ3n) is 7.55. The van der Waals surface area contributed by atoms with Crippen LogP contribution in [-0.2, 0) is 20.8 Å².